The van der Waals surface area contributed by atoms with Gasteiger partial charge in [0.2, 0.25) is 0 Å². The molecule has 0 saturated heterocycles. The van der Waals surface area contributed by atoms with Crippen LogP contribution >= 0.6 is 0 Å². The van der Waals surface area contributed by atoms with E-state index in [2.05, 4.69) is 5.32 Å². The Labute approximate surface area is 131 Å². The Kier molecular flexibility index (Phi) is 5.42. The number of ether oxygens (including phenoxy) is 2. The molecule has 0 unspecified atom stereocenters. The summed E-state index contributed by atoms with van der Waals surface area (Å²) >= 11 is 0. The van der Waals surface area contributed by atoms with E-state index in [-0.39, 0.29) is 11.9 Å². The van der Waals surface area contributed by atoms with Gasteiger partial charge in [0.15, 0.2) is 0 Å². The predicted molar refractivity (Wildman–Crippen MR) is 86.7 cm³/mol. The van der Waals surface area contributed by atoms with Crippen LogP contribution in [0.3, 0.4) is 0 Å². The Hall–Kier alpha value is -2.49. The van der Waals surface area contributed by atoms with Gasteiger partial charge in [0, 0.05) is 17.7 Å². The van der Waals surface area contributed by atoms with Crippen LogP contribution in [0.5, 0.6) is 17.2 Å². The van der Waals surface area contributed by atoms with Crippen molar-refractivity contribution >= 4 is 5.91 Å². The maximum atomic E-state index is 12.0. The third-order valence-corrected chi connectivity index (χ3v) is 2.87. The van der Waals surface area contributed by atoms with Crippen LogP contribution in [0.4, 0.5) is 0 Å². The van der Waals surface area contributed by atoms with Crippen LogP contribution in [0.25, 0.3) is 0 Å². The summed E-state index contributed by atoms with van der Waals surface area (Å²) in [4.78, 5) is 12.0. The fourth-order valence-corrected chi connectivity index (χ4v) is 1.98. The Morgan fingerprint density at radius 3 is 2.36 bits per heavy atom. The molecule has 2 rings (SSSR count). The lowest BCUT2D eigenvalue weighted by atomic mass is 10.2. The second kappa shape index (κ2) is 7.50. The van der Waals surface area contributed by atoms with Gasteiger partial charge in [-0.1, -0.05) is 12.1 Å². The Bertz CT molecular complexity index is 638. The van der Waals surface area contributed by atoms with E-state index < -0.39 is 0 Å². The van der Waals surface area contributed by atoms with Gasteiger partial charge in [-0.25, -0.2) is 0 Å². The summed E-state index contributed by atoms with van der Waals surface area (Å²) in [6.07, 6.45) is 0. The quantitative estimate of drug-likeness (QED) is 0.876. The molecule has 0 saturated carbocycles. The van der Waals surface area contributed by atoms with Gasteiger partial charge in [-0.15, -0.1) is 0 Å². The number of amides is 1. The third kappa shape index (κ3) is 4.52. The van der Waals surface area contributed by atoms with Crippen LogP contribution in [-0.4, -0.2) is 18.6 Å². The van der Waals surface area contributed by atoms with Crippen molar-refractivity contribution in [2.45, 2.75) is 26.8 Å². The molecular weight excluding hydrogens is 278 g/mol. The topological polar surface area (TPSA) is 47.6 Å². The van der Waals surface area contributed by atoms with Gasteiger partial charge in [-0.05, 0) is 51.1 Å². The van der Waals surface area contributed by atoms with Crippen molar-refractivity contribution in [3.63, 3.8) is 0 Å². The van der Waals surface area contributed by atoms with E-state index in [1.807, 2.05) is 51.1 Å². The van der Waals surface area contributed by atoms with Gasteiger partial charge in [-0.2, -0.15) is 0 Å². The molecule has 0 spiro atoms. The monoisotopic (exact) mass is 299 g/mol. The number of rotatable bonds is 6. The van der Waals surface area contributed by atoms with Crippen molar-refractivity contribution in [3.8, 4) is 17.2 Å². The Balaban J connectivity index is 2.13. The van der Waals surface area contributed by atoms with E-state index >= 15 is 0 Å². The molecule has 1 N–H and O–H groups in total. The number of carbonyl (C=O) groups excluding carboxylic acids is 1. The molecule has 0 aliphatic heterocycles. The SMILES string of the molecule is CCOc1cccc(Oc2cccc(C(=O)NC(C)C)c2)c1. The lowest BCUT2D eigenvalue weighted by Gasteiger charge is -2.11. The maximum absolute atomic E-state index is 12.0. The minimum absolute atomic E-state index is 0.0972. The normalized spacial score (nSPS) is 10.4. The summed E-state index contributed by atoms with van der Waals surface area (Å²) in [5.74, 6) is 1.94. The van der Waals surface area contributed by atoms with Crippen molar-refractivity contribution in [1.82, 2.24) is 5.32 Å². The first-order valence-electron chi connectivity index (χ1n) is 7.40. The molecule has 2 aromatic carbocycles. The first-order chi connectivity index (χ1) is 10.6. The van der Waals surface area contributed by atoms with Crippen molar-refractivity contribution in [3.05, 3.63) is 54.1 Å². The number of benzene rings is 2. The largest absolute Gasteiger partial charge is 0.494 e. The van der Waals surface area contributed by atoms with Crippen LogP contribution in [0, 0.1) is 0 Å². The molecule has 22 heavy (non-hydrogen) atoms. The highest BCUT2D eigenvalue weighted by atomic mass is 16.5. The van der Waals surface area contributed by atoms with Crippen molar-refractivity contribution in [1.29, 1.82) is 0 Å². The van der Waals surface area contributed by atoms with Crippen molar-refractivity contribution < 1.29 is 14.3 Å². The first-order valence-corrected chi connectivity index (χ1v) is 7.40. The van der Waals surface area contributed by atoms with E-state index in [1.165, 1.54) is 0 Å². The summed E-state index contributed by atoms with van der Waals surface area (Å²) in [6.45, 7) is 6.40. The van der Waals surface area contributed by atoms with Crippen LogP contribution in [0.2, 0.25) is 0 Å². The van der Waals surface area contributed by atoms with Gasteiger partial charge in [0.25, 0.3) is 5.91 Å². The van der Waals surface area contributed by atoms with E-state index in [9.17, 15) is 4.79 Å². The predicted octanol–water partition coefficient (Wildman–Crippen LogP) is 4.02. The highest BCUT2D eigenvalue weighted by Gasteiger charge is 2.08. The molecule has 0 aromatic heterocycles. The summed E-state index contributed by atoms with van der Waals surface area (Å²) < 4.78 is 11.2. The fraction of sp³-hybridized carbons (Fsp3) is 0.278. The summed E-state index contributed by atoms with van der Waals surface area (Å²) in [5.41, 5.74) is 0.576. The molecule has 4 heteroatoms. The van der Waals surface area contributed by atoms with Gasteiger partial charge in [0.05, 0.1) is 6.61 Å². The van der Waals surface area contributed by atoms with Crippen LogP contribution in [0.1, 0.15) is 31.1 Å². The standard InChI is InChI=1S/C18H21NO3/c1-4-21-15-8-6-10-17(12-15)22-16-9-5-7-14(11-16)18(20)19-13(2)3/h5-13H,4H2,1-3H3,(H,19,20). The zero-order valence-electron chi connectivity index (χ0n) is 13.1. The number of nitrogens with one attached hydrogen (secondary N) is 1. The smallest absolute Gasteiger partial charge is 0.251 e. The number of hydrogen-bond acceptors (Lipinski definition) is 3. The van der Waals surface area contributed by atoms with E-state index in [4.69, 9.17) is 9.47 Å². The molecule has 0 heterocycles. The average molecular weight is 299 g/mol. The second-order valence-electron chi connectivity index (χ2n) is 5.17. The van der Waals surface area contributed by atoms with Crippen molar-refractivity contribution in [2.24, 2.45) is 0 Å². The zero-order chi connectivity index (χ0) is 15.9. The molecule has 0 radical (unpaired) electrons. The fourth-order valence-electron chi connectivity index (χ4n) is 1.98. The molecule has 0 atom stereocenters. The van der Waals surface area contributed by atoms with Crippen LogP contribution in [0.15, 0.2) is 48.5 Å². The summed E-state index contributed by atoms with van der Waals surface area (Å²) in [5, 5.41) is 2.86. The molecule has 116 valence electrons. The van der Waals surface area contributed by atoms with E-state index in [0.717, 1.165) is 5.75 Å². The van der Waals surface area contributed by atoms with Gasteiger partial charge < -0.3 is 14.8 Å². The highest BCUT2D eigenvalue weighted by molar-refractivity contribution is 5.94. The highest BCUT2D eigenvalue weighted by Crippen LogP contribution is 2.25. The lowest BCUT2D eigenvalue weighted by molar-refractivity contribution is 0.0943. The lowest BCUT2D eigenvalue weighted by Crippen LogP contribution is -2.29. The molecule has 0 bridgehead atoms. The van der Waals surface area contributed by atoms with Crippen LogP contribution in [-0.2, 0) is 0 Å². The summed E-state index contributed by atoms with van der Waals surface area (Å²) in [7, 11) is 0. The van der Waals surface area contributed by atoms with E-state index in [0.29, 0.717) is 23.7 Å². The Morgan fingerprint density at radius 1 is 1.05 bits per heavy atom. The van der Waals surface area contributed by atoms with Gasteiger partial charge in [0.1, 0.15) is 17.2 Å². The summed E-state index contributed by atoms with van der Waals surface area (Å²) in [6, 6.07) is 14.6. The molecule has 0 aliphatic rings. The van der Waals surface area contributed by atoms with Crippen molar-refractivity contribution in [2.75, 3.05) is 6.61 Å². The van der Waals surface area contributed by atoms with Crippen LogP contribution < -0.4 is 14.8 Å². The zero-order valence-corrected chi connectivity index (χ0v) is 13.1. The molecule has 0 aliphatic carbocycles. The average Bonchev–Trinajstić information content (AvgIpc) is 2.47. The minimum atomic E-state index is -0.108. The van der Waals surface area contributed by atoms with Gasteiger partial charge >= 0.3 is 0 Å². The molecule has 0 fully saturated rings. The first kappa shape index (κ1) is 15.9. The minimum Gasteiger partial charge on any atom is -0.494 e. The van der Waals surface area contributed by atoms with E-state index in [1.54, 1.807) is 18.2 Å². The molecule has 4 nitrogen and oxygen atoms in total. The maximum Gasteiger partial charge on any atom is 0.251 e. The number of carbonyl (C=O) groups is 1. The molecule has 1 amide bonds. The molecule has 2 aromatic rings. The van der Waals surface area contributed by atoms with Gasteiger partial charge in [-0.3, -0.25) is 4.79 Å². The Morgan fingerprint density at radius 2 is 1.68 bits per heavy atom. The molecular formula is C18H21NO3. The third-order valence-electron chi connectivity index (χ3n) is 2.87. The number of hydrogen-bond donors (Lipinski definition) is 1. The second-order valence-corrected chi connectivity index (χ2v) is 5.17.